The minimum atomic E-state index is -0.745. The van der Waals surface area contributed by atoms with E-state index in [0.29, 0.717) is 53.7 Å². The highest BCUT2D eigenvalue weighted by molar-refractivity contribution is 8.26. The third-order valence-electron chi connectivity index (χ3n) is 10.9. The molecular weight excluding hydrogens is 837 g/mol. The number of ether oxygens (including phenoxy) is 4. The highest BCUT2D eigenvalue weighted by Gasteiger charge is 2.42. The minimum Gasteiger partial charge on any atom is -0.470 e. The molecule has 0 saturated heterocycles. The maximum Gasteiger partial charge on any atom is 0.350 e. The van der Waals surface area contributed by atoms with Gasteiger partial charge < -0.3 is 18.9 Å². The van der Waals surface area contributed by atoms with Gasteiger partial charge in [-0.3, -0.25) is 14.4 Å². The second-order valence-corrected chi connectivity index (χ2v) is 19.9. The van der Waals surface area contributed by atoms with Gasteiger partial charge in [-0.2, -0.15) is 5.26 Å². The van der Waals surface area contributed by atoms with Crippen LogP contribution in [0, 0.1) is 41.6 Å². The second-order valence-electron chi connectivity index (χ2n) is 15.3. The summed E-state index contributed by atoms with van der Waals surface area (Å²) in [6.45, 7) is 24.8. The number of hydrogen-bond donors (Lipinski definition) is 0. The van der Waals surface area contributed by atoms with Crippen LogP contribution in [0.3, 0.4) is 0 Å². The van der Waals surface area contributed by atoms with Gasteiger partial charge in [-0.25, -0.2) is 9.64 Å². The Labute approximate surface area is 375 Å². The normalized spacial score (nSPS) is 14.8. The first-order valence-electron chi connectivity index (χ1n) is 22.0. The Hall–Kier alpha value is -3.04. The number of nitrogens with zero attached hydrogens (tertiary/aromatic N) is 2. The fourth-order valence-electron chi connectivity index (χ4n) is 6.71. The molecule has 60 heavy (non-hydrogen) atoms. The van der Waals surface area contributed by atoms with Gasteiger partial charge in [0.05, 0.1) is 59.7 Å². The van der Waals surface area contributed by atoms with E-state index >= 15 is 0 Å². The Morgan fingerprint density at radius 1 is 0.583 bits per heavy atom. The molecule has 0 aliphatic carbocycles. The van der Waals surface area contributed by atoms with E-state index in [1.165, 1.54) is 0 Å². The van der Waals surface area contributed by atoms with E-state index in [1.807, 2.05) is 13.8 Å². The van der Waals surface area contributed by atoms with Gasteiger partial charge in [0.2, 0.25) is 0 Å². The van der Waals surface area contributed by atoms with Crippen LogP contribution in [0.15, 0.2) is 39.3 Å². The van der Waals surface area contributed by atoms with Crippen molar-refractivity contribution in [3.8, 4) is 17.6 Å². The van der Waals surface area contributed by atoms with Crippen LogP contribution in [0.2, 0.25) is 0 Å². The molecule has 3 rings (SSSR count). The van der Waals surface area contributed by atoms with Crippen molar-refractivity contribution >= 4 is 70.9 Å². The van der Waals surface area contributed by atoms with Crippen LogP contribution in [0.25, 0.3) is 4.85 Å². The van der Waals surface area contributed by atoms with E-state index in [1.54, 1.807) is 0 Å². The predicted molar refractivity (Wildman–Crippen MR) is 243 cm³/mol. The van der Waals surface area contributed by atoms with Crippen molar-refractivity contribution in [3.05, 3.63) is 31.2 Å². The van der Waals surface area contributed by atoms with E-state index < -0.39 is 35.7 Å². The van der Waals surface area contributed by atoms with Crippen LogP contribution in [-0.2, 0) is 28.7 Å². The molecule has 2 aliphatic heterocycles. The van der Waals surface area contributed by atoms with Crippen LogP contribution < -0.4 is 9.47 Å². The summed E-state index contributed by atoms with van der Waals surface area (Å²) in [5, 5.41) is 10.4. The monoisotopic (exact) mass is 900 g/mol. The van der Waals surface area contributed by atoms with Gasteiger partial charge >= 0.3 is 23.9 Å². The smallest absolute Gasteiger partial charge is 0.350 e. The van der Waals surface area contributed by atoms with Crippen LogP contribution in [-0.4, -0.2) is 37.1 Å². The number of carbonyl (C=O) groups excluding carboxylic acids is 4. The topological polar surface area (TPSA) is 133 Å². The Morgan fingerprint density at radius 2 is 0.967 bits per heavy atom. The number of unbranched alkanes of at least 4 members (excludes halogenated alkanes) is 4. The summed E-state index contributed by atoms with van der Waals surface area (Å²) in [6, 6.07) is 2.06. The molecule has 330 valence electrons. The zero-order valence-corrected chi connectivity index (χ0v) is 40.1. The number of nitriles is 1. The van der Waals surface area contributed by atoms with Crippen molar-refractivity contribution in [2.24, 2.45) is 23.7 Å². The summed E-state index contributed by atoms with van der Waals surface area (Å²) < 4.78 is 24.8. The maximum atomic E-state index is 14.0. The van der Waals surface area contributed by atoms with Gasteiger partial charge in [0.1, 0.15) is 6.07 Å². The first-order chi connectivity index (χ1) is 29.0. The number of benzene rings is 1. The molecule has 14 heteroatoms. The van der Waals surface area contributed by atoms with E-state index in [-0.39, 0.29) is 47.8 Å². The molecule has 0 fully saturated rings. The molecule has 10 nitrogen and oxygen atoms in total. The fourth-order valence-corrected chi connectivity index (χ4v) is 12.0. The largest absolute Gasteiger partial charge is 0.470 e. The number of hydrogen-bond acceptors (Lipinski definition) is 13. The number of carbonyl (C=O) groups is 4. The SMILES string of the molecule is [C-]#[N+]C(C(=O)OCC(CC)CCCC)=C1Sc2c(OC(=O)C(CC)CCCC)c3c(c(OC(=O)C(CC)CCCC)c2S1)SC(=C(C#N)C(=O)OCC(CC)CCCC)S3. The molecule has 0 spiro atoms. The number of thioether (sulfide) groups is 4. The lowest BCUT2D eigenvalue weighted by Crippen LogP contribution is -2.22. The summed E-state index contributed by atoms with van der Waals surface area (Å²) in [5.74, 6) is -2.44. The zero-order valence-electron chi connectivity index (χ0n) is 36.8. The molecule has 0 saturated carbocycles. The molecule has 0 amide bonds. The molecule has 2 aliphatic rings. The average molecular weight is 901 g/mol. The summed E-state index contributed by atoms with van der Waals surface area (Å²) >= 11 is 4.38. The highest BCUT2D eigenvalue weighted by Crippen LogP contribution is 2.68. The van der Waals surface area contributed by atoms with Crippen molar-refractivity contribution in [2.75, 3.05) is 13.2 Å². The Morgan fingerprint density at radius 3 is 1.32 bits per heavy atom. The van der Waals surface area contributed by atoms with Gasteiger partial charge in [-0.05, 0) is 50.4 Å². The second kappa shape index (κ2) is 27.1. The summed E-state index contributed by atoms with van der Waals surface area (Å²) in [7, 11) is 0. The van der Waals surface area contributed by atoms with Crippen molar-refractivity contribution in [1.82, 2.24) is 0 Å². The van der Waals surface area contributed by atoms with Gasteiger partial charge in [-0.15, -0.1) is 0 Å². The molecule has 0 bridgehead atoms. The summed E-state index contributed by atoms with van der Waals surface area (Å²) in [6.07, 6.45) is 13.4. The maximum absolute atomic E-state index is 14.0. The molecule has 0 aromatic heterocycles. The van der Waals surface area contributed by atoms with Gasteiger partial charge in [0, 0.05) is 0 Å². The average Bonchev–Trinajstić information content (AvgIpc) is 3.89. The third-order valence-corrected chi connectivity index (χ3v) is 16.1. The van der Waals surface area contributed by atoms with E-state index in [2.05, 4.69) is 52.5 Å². The Kier molecular flexibility index (Phi) is 23.2. The lowest BCUT2D eigenvalue weighted by atomic mass is 10.00. The zero-order chi connectivity index (χ0) is 44.2. The van der Waals surface area contributed by atoms with Crippen LogP contribution >= 0.6 is 47.0 Å². The molecular formula is C46H64N2O8S4. The molecule has 0 N–H and O–H groups in total. The van der Waals surface area contributed by atoms with E-state index in [0.717, 1.165) is 124 Å². The highest BCUT2D eigenvalue weighted by atomic mass is 32.2. The van der Waals surface area contributed by atoms with E-state index in [9.17, 15) is 24.4 Å². The molecule has 2 heterocycles. The van der Waals surface area contributed by atoms with Gasteiger partial charge in [-0.1, -0.05) is 167 Å². The molecule has 4 unspecified atom stereocenters. The first kappa shape index (κ1) is 51.3. The first-order valence-corrected chi connectivity index (χ1v) is 25.3. The van der Waals surface area contributed by atoms with Crippen molar-refractivity contribution in [2.45, 2.75) is 178 Å². The quantitative estimate of drug-likeness (QED) is 0.0287. The van der Waals surface area contributed by atoms with Crippen molar-refractivity contribution in [3.63, 3.8) is 0 Å². The Balaban J connectivity index is 2.24. The number of fused-ring (bicyclic) bond motifs is 2. The predicted octanol–water partition coefficient (Wildman–Crippen LogP) is 13.7. The third kappa shape index (κ3) is 14.0. The van der Waals surface area contributed by atoms with Gasteiger partial charge in [0.15, 0.2) is 17.1 Å². The van der Waals surface area contributed by atoms with Crippen LogP contribution in [0.5, 0.6) is 11.5 Å². The summed E-state index contributed by atoms with van der Waals surface area (Å²) in [5.41, 5.74) is -0.391. The van der Waals surface area contributed by atoms with Crippen molar-refractivity contribution < 1.29 is 38.1 Å². The number of esters is 4. The van der Waals surface area contributed by atoms with Crippen LogP contribution in [0.1, 0.15) is 158 Å². The molecule has 0 radical (unpaired) electrons. The van der Waals surface area contributed by atoms with E-state index in [4.69, 9.17) is 25.5 Å². The fraction of sp³-hybridized carbons (Fsp3) is 0.652. The van der Waals surface area contributed by atoms with Crippen molar-refractivity contribution in [1.29, 1.82) is 5.26 Å². The Bertz CT molecular complexity index is 1640. The summed E-state index contributed by atoms with van der Waals surface area (Å²) in [4.78, 5) is 60.5. The van der Waals surface area contributed by atoms with Crippen LogP contribution in [0.4, 0.5) is 0 Å². The lowest BCUT2D eigenvalue weighted by Gasteiger charge is -2.20. The lowest BCUT2D eigenvalue weighted by molar-refractivity contribution is -0.141. The minimum absolute atomic E-state index is 0.168. The molecule has 1 aromatic rings. The molecule has 1 aromatic carbocycles. The van der Waals surface area contributed by atoms with Gasteiger partial charge in [0.25, 0.3) is 5.70 Å². The molecule has 4 atom stereocenters. The standard InChI is InChI=1S/C46H64N2O8S4/c1-10-18-22-29(14-5)27-53-43(51)33(26-47)45-57-37-35(55-41(49)31(16-7)24-20-12-3)39-40(36(38(37)58-45)56-42(50)32(17-8)25-21-13-4)60-46(59-39)34(48-9)44(52)54-28-30(15-6)23-19-11-2/h29-32H,10-25,27-28H2,1-8H3. The number of rotatable bonds is 26.